The van der Waals surface area contributed by atoms with Gasteiger partial charge in [0.1, 0.15) is 0 Å². The third-order valence-electron chi connectivity index (χ3n) is 3.67. The molecule has 2 rings (SSSR count). The second-order valence-corrected chi connectivity index (χ2v) is 4.83. The fourth-order valence-corrected chi connectivity index (χ4v) is 2.87. The van der Waals surface area contributed by atoms with E-state index < -0.39 is 0 Å². The lowest BCUT2D eigenvalue weighted by molar-refractivity contribution is 0.124. The minimum absolute atomic E-state index is 0.928. The van der Waals surface area contributed by atoms with Crippen LogP contribution >= 0.6 is 0 Å². The number of hydrogen-bond donors (Lipinski definition) is 0. The van der Waals surface area contributed by atoms with E-state index in [4.69, 9.17) is 0 Å². The molecule has 0 amide bonds. The molecule has 2 aliphatic rings. The summed E-state index contributed by atoms with van der Waals surface area (Å²) in [6.45, 7) is 5.08. The lowest BCUT2D eigenvalue weighted by atomic mass is 9.85. The zero-order valence-corrected chi connectivity index (χ0v) is 8.84. The molecule has 0 aromatic rings. The number of piperidine rings is 1. The highest BCUT2D eigenvalue weighted by Gasteiger charge is 2.25. The lowest BCUT2D eigenvalue weighted by Crippen LogP contribution is -2.41. The molecule has 1 heterocycles. The molecule has 0 aromatic carbocycles. The van der Waals surface area contributed by atoms with Gasteiger partial charge in [-0.1, -0.05) is 19.8 Å². The fraction of sp³-hybridized carbons (Fsp3) is 0.917. The first-order valence-corrected chi connectivity index (χ1v) is 5.92. The van der Waals surface area contributed by atoms with Crippen LogP contribution in [0.3, 0.4) is 0 Å². The van der Waals surface area contributed by atoms with Crippen molar-refractivity contribution in [3.63, 3.8) is 0 Å². The quantitative estimate of drug-likeness (QED) is 0.600. The Morgan fingerprint density at radius 3 is 2.62 bits per heavy atom. The first-order valence-electron chi connectivity index (χ1n) is 5.92. The van der Waals surface area contributed by atoms with Gasteiger partial charge in [-0.15, -0.1) is 0 Å². The van der Waals surface area contributed by atoms with E-state index in [0.717, 1.165) is 12.0 Å². The number of nitrogens with zero attached hydrogens (tertiary/aromatic N) is 1. The molecule has 1 nitrogen and oxygen atoms in total. The van der Waals surface area contributed by atoms with Gasteiger partial charge in [0.2, 0.25) is 0 Å². The zero-order valence-electron chi connectivity index (χ0n) is 8.84. The summed E-state index contributed by atoms with van der Waals surface area (Å²) >= 11 is 0. The third kappa shape index (κ3) is 2.46. The van der Waals surface area contributed by atoms with E-state index in [1.54, 1.807) is 0 Å². The monoisotopic (exact) mass is 180 g/mol. The van der Waals surface area contributed by atoms with Crippen molar-refractivity contribution in [3.8, 4) is 0 Å². The Morgan fingerprint density at radius 1 is 1.15 bits per heavy atom. The SMILES string of the molecule is CC1CCCC(N2CC[CH]CC2)C1. The number of likely N-dealkylation sites (tertiary alicyclic amines) is 1. The maximum atomic E-state index is 2.73. The Hall–Kier alpha value is -0.0400. The summed E-state index contributed by atoms with van der Waals surface area (Å²) in [5.41, 5.74) is 0. The van der Waals surface area contributed by atoms with Crippen molar-refractivity contribution in [2.24, 2.45) is 5.92 Å². The number of hydrogen-bond acceptors (Lipinski definition) is 1. The minimum atomic E-state index is 0.928. The van der Waals surface area contributed by atoms with Crippen LogP contribution in [0.4, 0.5) is 0 Å². The predicted molar refractivity (Wildman–Crippen MR) is 56.5 cm³/mol. The van der Waals surface area contributed by atoms with Crippen LogP contribution in [-0.2, 0) is 0 Å². The van der Waals surface area contributed by atoms with Gasteiger partial charge in [-0.2, -0.15) is 0 Å². The summed E-state index contributed by atoms with van der Waals surface area (Å²) < 4.78 is 0. The average molecular weight is 180 g/mol. The van der Waals surface area contributed by atoms with Crippen LogP contribution in [0, 0.1) is 12.3 Å². The molecule has 13 heavy (non-hydrogen) atoms. The normalized spacial score (nSPS) is 37.6. The van der Waals surface area contributed by atoms with Crippen molar-refractivity contribution in [1.29, 1.82) is 0 Å². The van der Waals surface area contributed by atoms with Crippen LogP contribution in [0.15, 0.2) is 0 Å². The molecule has 75 valence electrons. The molecule has 1 aliphatic carbocycles. The molecule has 2 fully saturated rings. The van der Waals surface area contributed by atoms with Gasteiger partial charge in [-0.3, -0.25) is 0 Å². The van der Waals surface area contributed by atoms with E-state index in [9.17, 15) is 0 Å². The first kappa shape index (κ1) is 9.51. The highest BCUT2D eigenvalue weighted by molar-refractivity contribution is 4.84. The van der Waals surface area contributed by atoms with E-state index in [2.05, 4.69) is 18.2 Å². The predicted octanol–water partition coefficient (Wildman–Crippen LogP) is 2.87. The smallest absolute Gasteiger partial charge is 0.00977 e. The maximum Gasteiger partial charge on any atom is 0.00977 e. The Balaban J connectivity index is 1.83. The van der Waals surface area contributed by atoms with Crippen LogP contribution < -0.4 is 0 Å². The maximum absolute atomic E-state index is 2.73. The summed E-state index contributed by atoms with van der Waals surface area (Å²) in [4.78, 5) is 2.73. The molecule has 1 saturated carbocycles. The molecule has 1 radical (unpaired) electrons. The van der Waals surface area contributed by atoms with Gasteiger partial charge in [0, 0.05) is 6.04 Å². The second-order valence-electron chi connectivity index (χ2n) is 4.83. The lowest BCUT2D eigenvalue weighted by Gasteiger charge is -2.38. The molecule has 0 bridgehead atoms. The van der Waals surface area contributed by atoms with Crippen LogP contribution in [0.2, 0.25) is 0 Å². The van der Waals surface area contributed by atoms with Gasteiger partial charge >= 0.3 is 0 Å². The Morgan fingerprint density at radius 2 is 1.92 bits per heavy atom. The molecular weight excluding hydrogens is 158 g/mol. The van der Waals surface area contributed by atoms with E-state index in [-0.39, 0.29) is 0 Å². The van der Waals surface area contributed by atoms with E-state index in [1.165, 1.54) is 51.6 Å². The zero-order chi connectivity index (χ0) is 9.10. The minimum Gasteiger partial charge on any atom is -0.300 e. The molecule has 1 heteroatoms. The Kier molecular flexibility index (Phi) is 3.26. The molecule has 0 aromatic heterocycles. The highest BCUT2D eigenvalue weighted by atomic mass is 15.2. The van der Waals surface area contributed by atoms with Gasteiger partial charge in [0.05, 0.1) is 0 Å². The van der Waals surface area contributed by atoms with E-state index in [1.807, 2.05) is 0 Å². The Bertz CT molecular complexity index is 149. The van der Waals surface area contributed by atoms with Crippen LogP contribution in [0.5, 0.6) is 0 Å². The van der Waals surface area contributed by atoms with Crippen LogP contribution in [0.1, 0.15) is 45.4 Å². The van der Waals surface area contributed by atoms with Gasteiger partial charge in [0.25, 0.3) is 0 Å². The van der Waals surface area contributed by atoms with Gasteiger partial charge in [-0.25, -0.2) is 0 Å². The topological polar surface area (TPSA) is 3.24 Å². The molecule has 1 saturated heterocycles. The molecular formula is C12H22N. The summed E-state index contributed by atoms with van der Waals surface area (Å²) in [5, 5.41) is 0. The average Bonchev–Trinajstić information content (AvgIpc) is 2.19. The molecule has 0 N–H and O–H groups in total. The van der Waals surface area contributed by atoms with Crippen molar-refractivity contribution in [2.75, 3.05) is 13.1 Å². The van der Waals surface area contributed by atoms with Crippen molar-refractivity contribution in [1.82, 2.24) is 4.90 Å². The van der Waals surface area contributed by atoms with Crippen LogP contribution in [0.25, 0.3) is 0 Å². The van der Waals surface area contributed by atoms with Crippen LogP contribution in [-0.4, -0.2) is 24.0 Å². The van der Waals surface area contributed by atoms with Crippen molar-refractivity contribution in [2.45, 2.75) is 51.5 Å². The summed E-state index contributed by atoms with van der Waals surface area (Å²) in [6, 6.07) is 0.928. The fourth-order valence-electron chi connectivity index (χ4n) is 2.87. The van der Waals surface area contributed by atoms with Gasteiger partial charge < -0.3 is 4.90 Å². The van der Waals surface area contributed by atoms with E-state index >= 15 is 0 Å². The van der Waals surface area contributed by atoms with Gasteiger partial charge in [0.15, 0.2) is 0 Å². The largest absolute Gasteiger partial charge is 0.300 e. The highest BCUT2D eigenvalue weighted by Crippen LogP contribution is 2.28. The molecule has 2 unspecified atom stereocenters. The molecule has 0 spiro atoms. The Labute approximate surface area is 82.5 Å². The first-order chi connectivity index (χ1) is 6.36. The second kappa shape index (κ2) is 4.45. The van der Waals surface area contributed by atoms with Gasteiger partial charge in [-0.05, 0) is 51.1 Å². The number of rotatable bonds is 1. The van der Waals surface area contributed by atoms with E-state index in [0.29, 0.717) is 0 Å². The summed E-state index contributed by atoms with van der Waals surface area (Å²) in [6.07, 6.45) is 10.9. The third-order valence-corrected chi connectivity index (χ3v) is 3.67. The van der Waals surface area contributed by atoms with Crippen molar-refractivity contribution in [3.05, 3.63) is 6.42 Å². The van der Waals surface area contributed by atoms with Crippen molar-refractivity contribution < 1.29 is 0 Å². The summed E-state index contributed by atoms with van der Waals surface area (Å²) in [7, 11) is 0. The standard InChI is InChI=1S/C12H22N/c1-11-6-5-7-12(10-11)13-8-3-2-4-9-13/h2,11-12H,3-10H2,1H3. The summed E-state index contributed by atoms with van der Waals surface area (Å²) in [5.74, 6) is 0.977. The van der Waals surface area contributed by atoms with Crippen molar-refractivity contribution >= 4 is 0 Å². The molecule has 2 atom stereocenters. The molecule has 1 aliphatic heterocycles.